The van der Waals surface area contributed by atoms with E-state index < -0.39 is 27.5 Å². The van der Waals surface area contributed by atoms with Crippen LogP contribution in [0.5, 0.6) is 5.75 Å². The molecule has 2 aliphatic heterocycles. The number of hydrogen-bond acceptors (Lipinski definition) is 8. The van der Waals surface area contributed by atoms with Gasteiger partial charge in [0.1, 0.15) is 22.4 Å². The molecule has 250 valence electrons. The van der Waals surface area contributed by atoms with Crippen molar-refractivity contribution in [1.82, 2.24) is 24.2 Å². The smallest absolute Gasteiger partial charge is 0.312 e. The van der Waals surface area contributed by atoms with Gasteiger partial charge >= 0.3 is 5.97 Å². The average Bonchev–Trinajstić information content (AvgIpc) is 3.42. The highest BCUT2D eigenvalue weighted by Crippen LogP contribution is 2.39. The summed E-state index contributed by atoms with van der Waals surface area (Å²) in [6, 6.07) is 12.3. The van der Waals surface area contributed by atoms with Gasteiger partial charge < -0.3 is 19.5 Å². The Labute approximate surface area is 272 Å². The van der Waals surface area contributed by atoms with Crippen LogP contribution in [-0.2, 0) is 39.3 Å². The van der Waals surface area contributed by atoms with Gasteiger partial charge in [0.05, 0.1) is 30.9 Å². The third-order valence-electron chi connectivity index (χ3n) is 9.16. The van der Waals surface area contributed by atoms with Crippen LogP contribution < -0.4 is 4.74 Å². The summed E-state index contributed by atoms with van der Waals surface area (Å²) < 4.78 is 43.0. The van der Waals surface area contributed by atoms with E-state index in [1.807, 2.05) is 42.9 Å². The number of carboxylic acids is 1. The zero-order valence-corrected chi connectivity index (χ0v) is 28.4. The summed E-state index contributed by atoms with van der Waals surface area (Å²) in [7, 11) is -3.84. The highest BCUT2D eigenvalue weighted by Gasteiger charge is 2.40. The first-order chi connectivity index (χ1) is 21.9. The molecule has 1 aromatic heterocycles. The molecule has 0 spiro atoms. The zero-order chi connectivity index (χ0) is 33.1. The van der Waals surface area contributed by atoms with Crippen molar-refractivity contribution in [2.75, 3.05) is 26.2 Å². The van der Waals surface area contributed by atoms with E-state index in [0.717, 1.165) is 50.1 Å². The van der Waals surface area contributed by atoms with Crippen LogP contribution in [0, 0.1) is 18.3 Å². The molecule has 2 atom stereocenters. The molecule has 0 amide bonds. The van der Waals surface area contributed by atoms with E-state index in [-0.39, 0.29) is 30.7 Å². The van der Waals surface area contributed by atoms with Crippen molar-refractivity contribution in [1.29, 1.82) is 0 Å². The molecule has 5 rings (SSSR count). The molecule has 3 heterocycles. The summed E-state index contributed by atoms with van der Waals surface area (Å²) in [4.78, 5) is 15.1. The SMILES string of the molecule is CCCN1CCC(Cn2cc(COC(c3ccc(C)c(CN4C[C@@H](C)Oc5ccccc5S4(=O)=O)c3)C(C)(C)C(=O)O)nn2)CC1. The van der Waals surface area contributed by atoms with Gasteiger partial charge in [0.15, 0.2) is 0 Å². The fourth-order valence-electron chi connectivity index (χ4n) is 6.37. The number of ether oxygens (including phenoxy) is 2. The van der Waals surface area contributed by atoms with Crippen LogP contribution in [-0.4, -0.2) is 76.0 Å². The minimum atomic E-state index is -3.84. The maximum absolute atomic E-state index is 13.7. The molecule has 2 aliphatic rings. The van der Waals surface area contributed by atoms with E-state index in [4.69, 9.17) is 9.47 Å². The maximum atomic E-state index is 13.7. The lowest BCUT2D eigenvalue weighted by Gasteiger charge is -2.31. The van der Waals surface area contributed by atoms with E-state index >= 15 is 0 Å². The Hall–Kier alpha value is -3.32. The number of nitrogens with zero attached hydrogens (tertiary/aromatic N) is 5. The van der Waals surface area contributed by atoms with Gasteiger partial charge in [-0.05, 0) is 101 Å². The standard InChI is InChI=1S/C34H47N5O6S/c1-6-15-37-16-13-26(14-17-37)20-38-22-29(35-36-38)23-44-32(34(4,5)33(40)41)27-12-11-24(2)28(18-27)21-39-19-25(3)45-30-9-7-8-10-31(30)46(39,42)43/h7-12,18,22,25-26,32H,6,13-17,19-21,23H2,1-5H3,(H,40,41)/t25-,32?/m1/s1. The van der Waals surface area contributed by atoms with E-state index in [0.29, 0.717) is 22.9 Å². The molecule has 0 radical (unpaired) electrons. The fourth-order valence-corrected chi connectivity index (χ4v) is 7.99. The lowest BCUT2D eigenvalue weighted by atomic mass is 9.81. The van der Waals surface area contributed by atoms with Gasteiger partial charge in [0.25, 0.3) is 0 Å². The third kappa shape index (κ3) is 7.62. The van der Waals surface area contributed by atoms with Gasteiger partial charge in [-0.2, -0.15) is 4.31 Å². The number of likely N-dealkylation sites (tertiary alicyclic amines) is 1. The molecular weight excluding hydrogens is 606 g/mol. The molecule has 1 saturated heterocycles. The van der Waals surface area contributed by atoms with E-state index in [1.54, 1.807) is 38.1 Å². The minimum Gasteiger partial charge on any atom is -0.488 e. The predicted octanol–water partition coefficient (Wildman–Crippen LogP) is 5.05. The number of sulfonamides is 1. The number of benzene rings is 2. The summed E-state index contributed by atoms with van der Waals surface area (Å²) >= 11 is 0. The number of aromatic nitrogens is 3. The summed E-state index contributed by atoms with van der Waals surface area (Å²) in [5.41, 5.74) is 1.64. The van der Waals surface area contributed by atoms with E-state index in [1.165, 1.54) is 10.7 Å². The zero-order valence-electron chi connectivity index (χ0n) is 27.6. The monoisotopic (exact) mass is 653 g/mol. The second-order valence-electron chi connectivity index (χ2n) is 13.3. The Kier molecular flexibility index (Phi) is 10.5. The molecule has 3 aromatic rings. The van der Waals surface area contributed by atoms with Crippen LogP contribution in [0.4, 0.5) is 0 Å². The van der Waals surface area contributed by atoms with Crippen molar-refractivity contribution in [2.24, 2.45) is 11.3 Å². The number of carboxylic acid groups (broad SMARTS) is 1. The Bertz CT molecular complexity index is 1620. The summed E-state index contributed by atoms with van der Waals surface area (Å²) in [5, 5.41) is 18.9. The molecular formula is C34H47N5O6S. The van der Waals surface area contributed by atoms with Crippen LogP contribution in [0.3, 0.4) is 0 Å². The normalized spacial score (nSPS) is 20.1. The number of carbonyl (C=O) groups is 1. The van der Waals surface area contributed by atoms with Gasteiger partial charge in [-0.1, -0.05) is 42.5 Å². The van der Waals surface area contributed by atoms with Gasteiger partial charge in [-0.3, -0.25) is 9.48 Å². The first kappa shape index (κ1) is 34.0. The molecule has 12 heteroatoms. The number of rotatable bonds is 12. The van der Waals surface area contributed by atoms with Gasteiger partial charge in [-0.25, -0.2) is 8.42 Å². The van der Waals surface area contributed by atoms with Crippen molar-refractivity contribution >= 4 is 16.0 Å². The second kappa shape index (κ2) is 14.2. The number of aliphatic carboxylic acids is 1. The van der Waals surface area contributed by atoms with Gasteiger partial charge in [-0.15, -0.1) is 5.10 Å². The third-order valence-corrected chi connectivity index (χ3v) is 11.0. The Morgan fingerprint density at radius 2 is 1.91 bits per heavy atom. The maximum Gasteiger partial charge on any atom is 0.312 e. The fraction of sp³-hybridized carbons (Fsp3) is 0.559. The van der Waals surface area contributed by atoms with Crippen LogP contribution in [0.1, 0.15) is 75.4 Å². The molecule has 1 unspecified atom stereocenters. The van der Waals surface area contributed by atoms with E-state index in [9.17, 15) is 18.3 Å². The van der Waals surface area contributed by atoms with Crippen LogP contribution in [0.2, 0.25) is 0 Å². The molecule has 1 fully saturated rings. The van der Waals surface area contributed by atoms with Crippen molar-refractivity contribution in [3.8, 4) is 5.75 Å². The number of piperidine rings is 1. The van der Waals surface area contributed by atoms with Crippen LogP contribution >= 0.6 is 0 Å². The summed E-state index contributed by atoms with van der Waals surface area (Å²) in [6.07, 6.45) is 4.13. The van der Waals surface area contributed by atoms with Crippen molar-refractivity contribution in [3.05, 3.63) is 71.0 Å². The van der Waals surface area contributed by atoms with Crippen molar-refractivity contribution in [2.45, 2.75) is 90.7 Å². The Morgan fingerprint density at radius 3 is 2.63 bits per heavy atom. The average molecular weight is 654 g/mol. The molecule has 0 bridgehead atoms. The number of hydrogen-bond donors (Lipinski definition) is 1. The van der Waals surface area contributed by atoms with Crippen molar-refractivity contribution in [3.63, 3.8) is 0 Å². The number of para-hydroxylation sites is 1. The highest BCUT2D eigenvalue weighted by molar-refractivity contribution is 7.89. The van der Waals surface area contributed by atoms with Crippen LogP contribution in [0.25, 0.3) is 0 Å². The van der Waals surface area contributed by atoms with Gasteiger partial charge in [0.2, 0.25) is 10.0 Å². The van der Waals surface area contributed by atoms with Crippen LogP contribution in [0.15, 0.2) is 53.6 Å². The molecule has 11 nitrogen and oxygen atoms in total. The molecule has 0 aliphatic carbocycles. The largest absolute Gasteiger partial charge is 0.488 e. The minimum absolute atomic E-state index is 0.0890. The molecule has 0 saturated carbocycles. The quantitative estimate of drug-likeness (QED) is 0.286. The Morgan fingerprint density at radius 1 is 1.17 bits per heavy atom. The second-order valence-corrected chi connectivity index (χ2v) is 15.2. The number of aryl methyl sites for hydroxylation is 1. The highest BCUT2D eigenvalue weighted by atomic mass is 32.2. The number of fused-ring (bicyclic) bond motifs is 1. The van der Waals surface area contributed by atoms with E-state index in [2.05, 4.69) is 22.1 Å². The first-order valence-electron chi connectivity index (χ1n) is 16.2. The summed E-state index contributed by atoms with van der Waals surface area (Å²) in [6.45, 7) is 13.8. The lowest BCUT2D eigenvalue weighted by molar-refractivity contribution is -0.158. The molecule has 46 heavy (non-hydrogen) atoms. The predicted molar refractivity (Wildman–Crippen MR) is 174 cm³/mol. The first-order valence-corrected chi connectivity index (χ1v) is 17.6. The lowest BCUT2D eigenvalue weighted by Crippen LogP contribution is -2.36. The molecule has 2 aromatic carbocycles. The Balaban J connectivity index is 1.33. The summed E-state index contributed by atoms with van der Waals surface area (Å²) in [5.74, 6) is -0.117. The van der Waals surface area contributed by atoms with Gasteiger partial charge in [0, 0.05) is 13.1 Å². The topological polar surface area (TPSA) is 127 Å². The molecule has 1 N–H and O–H groups in total. The van der Waals surface area contributed by atoms with Crippen molar-refractivity contribution < 1.29 is 27.8 Å².